The Morgan fingerprint density at radius 2 is 2.00 bits per heavy atom. The summed E-state index contributed by atoms with van der Waals surface area (Å²) < 4.78 is 10.3. The Bertz CT molecular complexity index is 140. The van der Waals surface area contributed by atoms with Crippen molar-refractivity contribution in [3.63, 3.8) is 0 Å². The van der Waals surface area contributed by atoms with Crippen molar-refractivity contribution < 1.29 is 14.6 Å². The minimum atomic E-state index is -0.601. The van der Waals surface area contributed by atoms with Gasteiger partial charge in [0.1, 0.15) is 0 Å². The van der Waals surface area contributed by atoms with Crippen LogP contribution in [0.2, 0.25) is 0 Å². The van der Waals surface area contributed by atoms with Gasteiger partial charge in [-0.25, -0.2) is 0 Å². The first kappa shape index (κ1) is 14.8. The Morgan fingerprint density at radius 3 is 2.60 bits per heavy atom. The van der Waals surface area contributed by atoms with Crippen LogP contribution in [0.5, 0.6) is 0 Å². The summed E-state index contributed by atoms with van der Waals surface area (Å²) in [6.07, 6.45) is 1.69. The summed E-state index contributed by atoms with van der Waals surface area (Å²) >= 11 is 0. The maximum atomic E-state index is 9.68. The standard InChI is InChI=1S/C11H25NO3/c1-4-11(2,13)10-12-6-9-15-8-5-7-14-3/h12-13H,4-10H2,1-3H3. The predicted octanol–water partition coefficient (Wildman–Crippen LogP) is 0.790. The number of methoxy groups -OCH3 is 1. The summed E-state index contributed by atoms with van der Waals surface area (Å²) in [6.45, 7) is 7.37. The minimum Gasteiger partial charge on any atom is -0.389 e. The van der Waals surface area contributed by atoms with E-state index in [4.69, 9.17) is 9.47 Å². The third-order valence-electron chi connectivity index (χ3n) is 2.33. The van der Waals surface area contributed by atoms with E-state index in [1.165, 1.54) is 0 Å². The number of rotatable bonds is 10. The van der Waals surface area contributed by atoms with Gasteiger partial charge in [0.05, 0.1) is 12.2 Å². The van der Waals surface area contributed by atoms with E-state index in [1.54, 1.807) is 7.11 Å². The molecule has 4 heteroatoms. The van der Waals surface area contributed by atoms with Gasteiger partial charge in [0.15, 0.2) is 0 Å². The van der Waals surface area contributed by atoms with Crippen LogP contribution in [0, 0.1) is 0 Å². The molecule has 0 aromatic heterocycles. The molecule has 0 aromatic rings. The Morgan fingerprint density at radius 1 is 1.27 bits per heavy atom. The van der Waals surface area contributed by atoms with Crippen LogP contribution in [0.1, 0.15) is 26.7 Å². The molecule has 15 heavy (non-hydrogen) atoms. The zero-order valence-corrected chi connectivity index (χ0v) is 10.2. The first-order valence-corrected chi connectivity index (χ1v) is 5.62. The smallest absolute Gasteiger partial charge is 0.0741 e. The molecular formula is C11H25NO3. The van der Waals surface area contributed by atoms with E-state index in [2.05, 4.69) is 5.32 Å². The molecular weight excluding hydrogens is 194 g/mol. The molecule has 0 aliphatic rings. The molecule has 0 fully saturated rings. The molecule has 0 saturated carbocycles. The topological polar surface area (TPSA) is 50.7 Å². The van der Waals surface area contributed by atoms with Crippen LogP contribution in [0.15, 0.2) is 0 Å². The molecule has 0 spiro atoms. The van der Waals surface area contributed by atoms with Crippen molar-refractivity contribution in [3.05, 3.63) is 0 Å². The number of aliphatic hydroxyl groups is 1. The second-order valence-electron chi connectivity index (χ2n) is 3.99. The average Bonchev–Trinajstić information content (AvgIpc) is 2.22. The third-order valence-corrected chi connectivity index (χ3v) is 2.33. The molecule has 1 atom stereocenters. The highest BCUT2D eigenvalue weighted by Gasteiger charge is 2.15. The molecule has 1 unspecified atom stereocenters. The van der Waals surface area contributed by atoms with Crippen LogP contribution in [-0.2, 0) is 9.47 Å². The van der Waals surface area contributed by atoms with Crippen molar-refractivity contribution in [3.8, 4) is 0 Å². The van der Waals surface area contributed by atoms with Gasteiger partial charge in [0.25, 0.3) is 0 Å². The van der Waals surface area contributed by atoms with E-state index in [-0.39, 0.29) is 0 Å². The zero-order chi connectivity index (χ0) is 11.6. The van der Waals surface area contributed by atoms with E-state index in [1.807, 2.05) is 13.8 Å². The fourth-order valence-electron chi connectivity index (χ4n) is 1.03. The summed E-state index contributed by atoms with van der Waals surface area (Å²) in [6, 6.07) is 0. The van der Waals surface area contributed by atoms with Crippen LogP contribution in [0.3, 0.4) is 0 Å². The third kappa shape index (κ3) is 10.1. The zero-order valence-electron chi connectivity index (χ0n) is 10.2. The summed E-state index contributed by atoms with van der Waals surface area (Å²) in [7, 11) is 1.69. The molecule has 0 bridgehead atoms. The molecule has 0 heterocycles. The van der Waals surface area contributed by atoms with Gasteiger partial charge in [-0.05, 0) is 19.8 Å². The molecule has 0 aromatic carbocycles. The van der Waals surface area contributed by atoms with Crippen molar-refractivity contribution >= 4 is 0 Å². The van der Waals surface area contributed by atoms with Crippen molar-refractivity contribution in [1.29, 1.82) is 0 Å². The average molecular weight is 219 g/mol. The van der Waals surface area contributed by atoms with Gasteiger partial charge in [0.2, 0.25) is 0 Å². The van der Waals surface area contributed by atoms with Crippen molar-refractivity contribution in [2.75, 3.05) is 40.0 Å². The van der Waals surface area contributed by atoms with E-state index >= 15 is 0 Å². The molecule has 92 valence electrons. The lowest BCUT2D eigenvalue weighted by atomic mass is 10.0. The fourth-order valence-corrected chi connectivity index (χ4v) is 1.03. The number of ether oxygens (including phenoxy) is 2. The van der Waals surface area contributed by atoms with Gasteiger partial charge in [0, 0.05) is 33.4 Å². The maximum absolute atomic E-state index is 9.68. The Hall–Kier alpha value is -0.160. The first-order valence-electron chi connectivity index (χ1n) is 5.62. The number of hydrogen-bond donors (Lipinski definition) is 2. The Kier molecular flexibility index (Phi) is 9.00. The second kappa shape index (κ2) is 9.09. The van der Waals surface area contributed by atoms with Gasteiger partial charge >= 0.3 is 0 Å². The highest BCUT2D eigenvalue weighted by atomic mass is 16.5. The van der Waals surface area contributed by atoms with Crippen LogP contribution in [0.25, 0.3) is 0 Å². The Labute approximate surface area is 93.0 Å². The molecule has 0 rings (SSSR count). The lowest BCUT2D eigenvalue weighted by Gasteiger charge is -2.21. The van der Waals surface area contributed by atoms with Gasteiger partial charge in [-0.1, -0.05) is 6.92 Å². The monoisotopic (exact) mass is 219 g/mol. The normalized spacial score (nSPS) is 15.2. The summed E-state index contributed by atoms with van der Waals surface area (Å²) in [5.74, 6) is 0. The van der Waals surface area contributed by atoms with Crippen LogP contribution in [-0.4, -0.2) is 50.7 Å². The second-order valence-corrected chi connectivity index (χ2v) is 3.99. The highest BCUT2D eigenvalue weighted by Crippen LogP contribution is 2.05. The van der Waals surface area contributed by atoms with E-state index in [0.29, 0.717) is 13.2 Å². The van der Waals surface area contributed by atoms with E-state index in [0.717, 1.165) is 32.6 Å². The molecule has 2 N–H and O–H groups in total. The summed E-state index contributed by atoms with van der Waals surface area (Å²) in [5, 5.41) is 12.8. The molecule has 0 saturated heterocycles. The van der Waals surface area contributed by atoms with Gasteiger partial charge < -0.3 is 19.9 Å². The van der Waals surface area contributed by atoms with E-state index < -0.39 is 5.60 Å². The predicted molar refractivity (Wildman–Crippen MR) is 61.1 cm³/mol. The summed E-state index contributed by atoms with van der Waals surface area (Å²) in [5.41, 5.74) is -0.601. The largest absolute Gasteiger partial charge is 0.389 e. The van der Waals surface area contributed by atoms with Crippen LogP contribution < -0.4 is 5.32 Å². The molecule has 0 aliphatic heterocycles. The lowest BCUT2D eigenvalue weighted by Crippen LogP contribution is -2.38. The van der Waals surface area contributed by atoms with Gasteiger partial charge in [-0.3, -0.25) is 0 Å². The van der Waals surface area contributed by atoms with Crippen molar-refractivity contribution in [2.24, 2.45) is 0 Å². The van der Waals surface area contributed by atoms with Crippen molar-refractivity contribution in [1.82, 2.24) is 5.32 Å². The molecule has 0 amide bonds. The highest BCUT2D eigenvalue weighted by molar-refractivity contribution is 4.72. The van der Waals surface area contributed by atoms with Crippen LogP contribution in [0.4, 0.5) is 0 Å². The molecule has 0 aliphatic carbocycles. The van der Waals surface area contributed by atoms with E-state index in [9.17, 15) is 5.11 Å². The lowest BCUT2D eigenvalue weighted by molar-refractivity contribution is 0.0514. The first-order chi connectivity index (χ1) is 7.12. The van der Waals surface area contributed by atoms with Crippen LogP contribution >= 0.6 is 0 Å². The van der Waals surface area contributed by atoms with Crippen molar-refractivity contribution in [2.45, 2.75) is 32.3 Å². The number of hydrogen-bond acceptors (Lipinski definition) is 4. The maximum Gasteiger partial charge on any atom is 0.0741 e. The quantitative estimate of drug-likeness (QED) is 0.533. The minimum absolute atomic E-state index is 0.601. The fraction of sp³-hybridized carbons (Fsp3) is 1.00. The van der Waals surface area contributed by atoms with Gasteiger partial charge in [-0.15, -0.1) is 0 Å². The number of nitrogens with one attached hydrogen (secondary N) is 1. The molecule has 0 radical (unpaired) electrons. The summed E-state index contributed by atoms with van der Waals surface area (Å²) in [4.78, 5) is 0. The Balaban J connectivity index is 3.11. The molecule has 4 nitrogen and oxygen atoms in total. The van der Waals surface area contributed by atoms with Gasteiger partial charge in [-0.2, -0.15) is 0 Å². The SMILES string of the molecule is CCC(C)(O)CNCCOCCCOC.